The molecule has 0 aliphatic carbocycles. The molecule has 0 unspecified atom stereocenters. The van der Waals surface area contributed by atoms with E-state index in [9.17, 15) is 0 Å². The van der Waals surface area contributed by atoms with Crippen molar-refractivity contribution in [2.75, 3.05) is 0 Å². The molecular weight excluding hydrogens is 230 g/mol. The maximum absolute atomic E-state index is 4.46. The summed E-state index contributed by atoms with van der Waals surface area (Å²) in [6, 6.07) is 18.8. The highest BCUT2D eigenvalue weighted by atomic mass is 14.6. The fourth-order valence-corrected chi connectivity index (χ4v) is 2.05. The van der Waals surface area contributed by atoms with Crippen molar-refractivity contribution in [3.63, 3.8) is 0 Å². The third-order valence-electron chi connectivity index (χ3n) is 3.16. The molecule has 1 heteroatoms. The maximum atomic E-state index is 4.46. The Kier molecular flexibility index (Phi) is 3.11. The molecule has 3 rings (SSSR count). The average molecular weight is 245 g/mol. The van der Waals surface area contributed by atoms with E-state index < -0.39 is 0 Å². The van der Waals surface area contributed by atoms with Crippen LogP contribution in [0.25, 0.3) is 23.1 Å². The predicted molar refractivity (Wildman–Crippen MR) is 81.9 cm³/mol. The van der Waals surface area contributed by atoms with E-state index in [1.54, 1.807) is 0 Å². The number of aryl methyl sites for hydroxylation is 1. The fourth-order valence-electron chi connectivity index (χ4n) is 2.05. The Bertz CT molecular complexity index is 724. The zero-order chi connectivity index (χ0) is 13.1. The highest BCUT2D eigenvalue weighted by Crippen LogP contribution is 2.15. The average Bonchev–Trinajstić information content (AvgIpc) is 2.46. The van der Waals surface area contributed by atoms with Gasteiger partial charge in [-0.05, 0) is 30.2 Å². The van der Waals surface area contributed by atoms with Crippen molar-refractivity contribution in [2.24, 2.45) is 0 Å². The van der Waals surface area contributed by atoms with Crippen molar-refractivity contribution in [3.8, 4) is 0 Å². The van der Waals surface area contributed by atoms with Gasteiger partial charge in [-0.2, -0.15) is 0 Å². The number of pyridine rings is 1. The SMILES string of the molecule is Cc1ccc(/C=C/c2cnc3ccccc3c2)cc1. The van der Waals surface area contributed by atoms with Gasteiger partial charge in [-0.3, -0.25) is 4.98 Å². The molecule has 0 saturated heterocycles. The molecule has 0 aliphatic rings. The number of aromatic nitrogens is 1. The van der Waals surface area contributed by atoms with Crippen molar-refractivity contribution in [1.82, 2.24) is 4.98 Å². The van der Waals surface area contributed by atoms with Gasteiger partial charge < -0.3 is 0 Å². The molecule has 0 N–H and O–H groups in total. The van der Waals surface area contributed by atoms with Crippen molar-refractivity contribution in [2.45, 2.75) is 6.92 Å². The third-order valence-corrected chi connectivity index (χ3v) is 3.16. The van der Waals surface area contributed by atoms with Gasteiger partial charge in [-0.25, -0.2) is 0 Å². The van der Waals surface area contributed by atoms with Crippen LogP contribution in [-0.2, 0) is 0 Å². The van der Waals surface area contributed by atoms with E-state index in [-0.39, 0.29) is 0 Å². The topological polar surface area (TPSA) is 12.9 Å². The first-order chi connectivity index (χ1) is 9.31. The highest BCUT2D eigenvalue weighted by Gasteiger charge is 1.94. The molecule has 1 aromatic heterocycles. The van der Waals surface area contributed by atoms with Crippen LogP contribution in [0.1, 0.15) is 16.7 Å². The van der Waals surface area contributed by atoms with E-state index in [1.807, 2.05) is 24.4 Å². The molecule has 0 aliphatic heterocycles. The lowest BCUT2D eigenvalue weighted by molar-refractivity contribution is 1.40. The summed E-state index contributed by atoms with van der Waals surface area (Å²) >= 11 is 0. The monoisotopic (exact) mass is 245 g/mol. The minimum Gasteiger partial charge on any atom is -0.256 e. The molecule has 92 valence electrons. The molecular formula is C18H15N. The van der Waals surface area contributed by atoms with Gasteiger partial charge in [0.25, 0.3) is 0 Å². The Morgan fingerprint density at radius 2 is 1.58 bits per heavy atom. The van der Waals surface area contributed by atoms with Gasteiger partial charge in [0.05, 0.1) is 5.52 Å². The van der Waals surface area contributed by atoms with Gasteiger partial charge >= 0.3 is 0 Å². The van der Waals surface area contributed by atoms with Gasteiger partial charge in [-0.15, -0.1) is 0 Å². The van der Waals surface area contributed by atoms with Crippen LogP contribution in [0.3, 0.4) is 0 Å². The first-order valence-corrected chi connectivity index (χ1v) is 6.41. The number of para-hydroxylation sites is 1. The van der Waals surface area contributed by atoms with E-state index in [4.69, 9.17) is 0 Å². The molecule has 0 bridgehead atoms. The van der Waals surface area contributed by atoms with Crippen LogP contribution >= 0.6 is 0 Å². The first-order valence-electron chi connectivity index (χ1n) is 6.41. The fraction of sp³-hybridized carbons (Fsp3) is 0.0556. The molecule has 0 fully saturated rings. The smallest absolute Gasteiger partial charge is 0.0702 e. The van der Waals surface area contributed by atoms with Crippen LogP contribution in [-0.4, -0.2) is 4.98 Å². The molecule has 3 aromatic rings. The second kappa shape index (κ2) is 5.07. The molecule has 0 saturated carbocycles. The van der Waals surface area contributed by atoms with Crippen LogP contribution in [0.15, 0.2) is 60.8 Å². The Hall–Kier alpha value is -2.41. The van der Waals surface area contributed by atoms with Crippen LogP contribution in [0.4, 0.5) is 0 Å². The molecule has 0 atom stereocenters. The van der Waals surface area contributed by atoms with Crippen molar-refractivity contribution >= 4 is 23.1 Å². The quantitative estimate of drug-likeness (QED) is 0.637. The zero-order valence-electron chi connectivity index (χ0n) is 10.9. The summed E-state index contributed by atoms with van der Waals surface area (Å²) < 4.78 is 0. The summed E-state index contributed by atoms with van der Waals surface area (Å²) in [5.41, 5.74) is 4.65. The Morgan fingerprint density at radius 1 is 0.842 bits per heavy atom. The zero-order valence-corrected chi connectivity index (χ0v) is 10.9. The van der Waals surface area contributed by atoms with E-state index in [0.29, 0.717) is 0 Å². The van der Waals surface area contributed by atoms with Gasteiger partial charge in [0.15, 0.2) is 0 Å². The summed E-state index contributed by atoms with van der Waals surface area (Å²) in [6.07, 6.45) is 6.13. The number of hydrogen-bond acceptors (Lipinski definition) is 1. The minimum atomic E-state index is 1.04. The van der Waals surface area contributed by atoms with Crippen molar-refractivity contribution in [1.29, 1.82) is 0 Å². The third kappa shape index (κ3) is 2.71. The van der Waals surface area contributed by atoms with Gasteiger partial charge in [0, 0.05) is 11.6 Å². The van der Waals surface area contributed by atoms with Gasteiger partial charge in [-0.1, -0.05) is 60.2 Å². The second-order valence-electron chi connectivity index (χ2n) is 4.71. The number of nitrogens with zero attached hydrogens (tertiary/aromatic N) is 1. The van der Waals surface area contributed by atoms with Gasteiger partial charge in [0.1, 0.15) is 0 Å². The predicted octanol–water partition coefficient (Wildman–Crippen LogP) is 4.71. The number of rotatable bonds is 2. The summed E-state index contributed by atoms with van der Waals surface area (Å²) in [5.74, 6) is 0. The number of fused-ring (bicyclic) bond motifs is 1. The number of hydrogen-bond donors (Lipinski definition) is 0. The summed E-state index contributed by atoms with van der Waals surface area (Å²) in [4.78, 5) is 4.46. The minimum absolute atomic E-state index is 1.04. The Morgan fingerprint density at radius 3 is 2.42 bits per heavy atom. The molecule has 0 amide bonds. The first kappa shape index (κ1) is 11.7. The molecule has 0 radical (unpaired) electrons. The molecule has 2 aromatic carbocycles. The Balaban J connectivity index is 1.90. The van der Waals surface area contributed by atoms with E-state index in [0.717, 1.165) is 11.1 Å². The number of benzene rings is 2. The van der Waals surface area contributed by atoms with Crippen LogP contribution in [0, 0.1) is 6.92 Å². The maximum Gasteiger partial charge on any atom is 0.0702 e. The molecule has 1 heterocycles. The Labute approximate surface area is 113 Å². The van der Waals surface area contributed by atoms with Crippen LogP contribution in [0.5, 0.6) is 0 Å². The largest absolute Gasteiger partial charge is 0.256 e. The van der Waals surface area contributed by atoms with Crippen molar-refractivity contribution < 1.29 is 0 Å². The second-order valence-corrected chi connectivity index (χ2v) is 4.71. The summed E-state index contributed by atoms with van der Waals surface area (Å²) in [5, 5.41) is 1.17. The standard InChI is InChI=1S/C18H15N/c1-14-6-8-15(9-7-14)10-11-16-12-17-4-2-3-5-18(17)19-13-16/h2-13H,1H3/b11-10+. The normalized spacial score (nSPS) is 11.2. The lowest BCUT2D eigenvalue weighted by Crippen LogP contribution is -1.80. The highest BCUT2D eigenvalue weighted by molar-refractivity contribution is 5.82. The van der Waals surface area contributed by atoms with E-state index >= 15 is 0 Å². The lowest BCUT2D eigenvalue weighted by Gasteiger charge is -1.99. The van der Waals surface area contributed by atoms with Crippen LogP contribution in [0.2, 0.25) is 0 Å². The molecule has 19 heavy (non-hydrogen) atoms. The van der Waals surface area contributed by atoms with Crippen molar-refractivity contribution in [3.05, 3.63) is 77.5 Å². The van der Waals surface area contributed by atoms with E-state index in [2.05, 4.69) is 60.5 Å². The van der Waals surface area contributed by atoms with Crippen LogP contribution < -0.4 is 0 Å². The molecule has 1 nitrogen and oxygen atoms in total. The van der Waals surface area contributed by atoms with E-state index in [1.165, 1.54) is 16.5 Å². The van der Waals surface area contributed by atoms with Gasteiger partial charge in [0.2, 0.25) is 0 Å². The lowest BCUT2D eigenvalue weighted by atomic mass is 10.1. The summed E-state index contributed by atoms with van der Waals surface area (Å²) in [7, 11) is 0. The summed E-state index contributed by atoms with van der Waals surface area (Å²) in [6.45, 7) is 2.10. The molecule has 0 spiro atoms.